The molecular formula is C18H27FIN3OS. The Morgan fingerprint density at radius 3 is 2.84 bits per heavy atom. The molecule has 1 aromatic carbocycles. The summed E-state index contributed by atoms with van der Waals surface area (Å²) < 4.78 is 18.5. The third-order valence-corrected chi connectivity index (χ3v) is 5.92. The summed E-state index contributed by atoms with van der Waals surface area (Å²) in [6, 6.07) is 6.69. The predicted molar refractivity (Wildman–Crippen MR) is 113 cm³/mol. The maximum Gasteiger partial charge on any atom is 0.193 e. The van der Waals surface area contributed by atoms with Gasteiger partial charge in [0.05, 0.1) is 6.61 Å². The lowest BCUT2D eigenvalue weighted by Gasteiger charge is -2.24. The van der Waals surface area contributed by atoms with Crippen molar-refractivity contribution in [3.05, 3.63) is 30.1 Å². The SMILES string of the molecule is CN=C(NCCCSc1ccc(F)cc1)N1CCC2(CCOC2)C1.I. The van der Waals surface area contributed by atoms with Crippen LogP contribution in [0, 0.1) is 11.2 Å². The number of nitrogens with one attached hydrogen (secondary N) is 1. The second-order valence-electron chi connectivity index (χ2n) is 6.60. The van der Waals surface area contributed by atoms with Gasteiger partial charge in [0, 0.05) is 43.6 Å². The van der Waals surface area contributed by atoms with Gasteiger partial charge in [0.1, 0.15) is 5.82 Å². The van der Waals surface area contributed by atoms with Crippen molar-refractivity contribution in [2.75, 3.05) is 45.6 Å². The lowest BCUT2D eigenvalue weighted by molar-refractivity contribution is 0.156. The van der Waals surface area contributed by atoms with E-state index in [2.05, 4.69) is 15.2 Å². The average molecular weight is 479 g/mol. The van der Waals surface area contributed by atoms with Gasteiger partial charge in [-0.2, -0.15) is 0 Å². The monoisotopic (exact) mass is 479 g/mol. The minimum absolute atomic E-state index is 0. The van der Waals surface area contributed by atoms with Crippen molar-refractivity contribution in [2.24, 2.45) is 10.4 Å². The van der Waals surface area contributed by atoms with Crippen LogP contribution in [-0.4, -0.2) is 56.5 Å². The Labute approximate surface area is 171 Å². The fourth-order valence-corrected chi connectivity index (χ4v) is 4.27. The molecule has 1 unspecified atom stereocenters. The van der Waals surface area contributed by atoms with Crippen LogP contribution < -0.4 is 5.32 Å². The number of nitrogens with zero attached hydrogens (tertiary/aromatic N) is 2. The molecule has 140 valence electrons. The number of hydrogen-bond donors (Lipinski definition) is 1. The van der Waals surface area contributed by atoms with E-state index in [1.54, 1.807) is 11.8 Å². The van der Waals surface area contributed by atoms with Gasteiger partial charge in [-0.3, -0.25) is 4.99 Å². The molecule has 0 bridgehead atoms. The summed E-state index contributed by atoms with van der Waals surface area (Å²) in [4.78, 5) is 7.91. The van der Waals surface area contributed by atoms with E-state index in [1.165, 1.54) is 25.0 Å². The highest BCUT2D eigenvalue weighted by Crippen LogP contribution is 2.38. The van der Waals surface area contributed by atoms with Crippen LogP contribution >= 0.6 is 35.7 Å². The first-order valence-electron chi connectivity index (χ1n) is 8.63. The fraction of sp³-hybridized carbons (Fsp3) is 0.611. The minimum atomic E-state index is -0.180. The zero-order valence-corrected chi connectivity index (χ0v) is 17.8. The number of halogens is 2. The Hall–Kier alpha value is -0.540. The summed E-state index contributed by atoms with van der Waals surface area (Å²) in [6.45, 7) is 4.82. The van der Waals surface area contributed by atoms with Gasteiger partial charge < -0.3 is 15.0 Å². The van der Waals surface area contributed by atoms with Crippen molar-refractivity contribution in [3.63, 3.8) is 0 Å². The molecule has 0 aromatic heterocycles. The molecule has 1 spiro atoms. The zero-order chi connectivity index (χ0) is 16.8. The fourth-order valence-electron chi connectivity index (χ4n) is 3.41. The van der Waals surface area contributed by atoms with Gasteiger partial charge in [-0.05, 0) is 49.3 Å². The molecule has 2 aliphatic rings. The molecule has 0 aliphatic carbocycles. The van der Waals surface area contributed by atoms with E-state index in [0.29, 0.717) is 5.41 Å². The quantitative estimate of drug-likeness (QED) is 0.230. The first kappa shape index (κ1) is 20.8. The highest BCUT2D eigenvalue weighted by atomic mass is 127. The summed E-state index contributed by atoms with van der Waals surface area (Å²) in [5.41, 5.74) is 0.357. The molecule has 2 saturated heterocycles. The van der Waals surface area contributed by atoms with Crippen molar-refractivity contribution >= 4 is 41.7 Å². The molecule has 1 atom stereocenters. The van der Waals surface area contributed by atoms with E-state index in [-0.39, 0.29) is 29.8 Å². The number of thioether (sulfide) groups is 1. The number of aliphatic imine (C=N–C) groups is 1. The Kier molecular flexibility index (Phi) is 8.28. The van der Waals surface area contributed by atoms with Crippen LogP contribution in [0.1, 0.15) is 19.3 Å². The molecule has 2 heterocycles. The van der Waals surface area contributed by atoms with Crippen LogP contribution in [0.25, 0.3) is 0 Å². The lowest BCUT2D eigenvalue weighted by atomic mass is 9.87. The smallest absolute Gasteiger partial charge is 0.193 e. The highest BCUT2D eigenvalue weighted by Gasteiger charge is 2.42. The molecule has 7 heteroatoms. The molecule has 25 heavy (non-hydrogen) atoms. The molecular weight excluding hydrogens is 452 g/mol. The van der Waals surface area contributed by atoms with Gasteiger partial charge in [-0.15, -0.1) is 35.7 Å². The Balaban J connectivity index is 0.00000225. The van der Waals surface area contributed by atoms with Crippen LogP contribution in [0.3, 0.4) is 0 Å². The van der Waals surface area contributed by atoms with Gasteiger partial charge in [-0.1, -0.05) is 0 Å². The molecule has 4 nitrogen and oxygen atoms in total. The highest BCUT2D eigenvalue weighted by molar-refractivity contribution is 14.0. The second-order valence-corrected chi connectivity index (χ2v) is 7.77. The maximum absolute atomic E-state index is 12.9. The molecule has 2 fully saturated rings. The van der Waals surface area contributed by atoms with Gasteiger partial charge >= 0.3 is 0 Å². The van der Waals surface area contributed by atoms with Crippen LogP contribution in [-0.2, 0) is 4.74 Å². The Bertz CT molecular complexity index is 564. The third kappa shape index (κ3) is 5.72. The number of hydrogen-bond acceptors (Lipinski definition) is 3. The zero-order valence-electron chi connectivity index (χ0n) is 14.7. The van der Waals surface area contributed by atoms with E-state index in [4.69, 9.17) is 4.74 Å². The topological polar surface area (TPSA) is 36.9 Å². The summed E-state index contributed by atoms with van der Waals surface area (Å²) in [6.07, 6.45) is 3.42. The number of benzene rings is 1. The van der Waals surface area contributed by atoms with Crippen LogP contribution in [0.5, 0.6) is 0 Å². The molecule has 2 aliphatic heterocycles. The molecule has 3 rings (SSSR count). The summed E-state index contributed by atoms with van der Waals surface area (Å²) in [5.74, 6) is 1.83. The van der Waals surface area contributed by atoms with Gasteiger partial charge in [-0.25, -0.2) is 4.39 Å². The van der Waals surface area contributed by atoms with Gasteiger partial charge in [0.25, 0.3) is 0 Å². The average Bonchev–Trinajstić information content (AvgIpc) is 3.23. The number of ether oxygens (including phenoxy) is 1. The molecule has 0 radical (unpaired) electrons. The first-order valence-corrected chi connectivity index (χ1v) is 9.61. The number of likely N-dealkylation sites (tertiary alicyclic amines) is 1. The van der Waals surface area contributed by atoms with Crippen molar-refractivity contribution < 1.29 is 9.13 Å². The first-order chi connectivity index (χ1) is 11.7. The second kappa shape index (κ2) is 9.97. The standard InChI is InChI=1S/C18H26FN3OS.HI/c1-20-17(22-10-7-18(13-22)8-11-23-14-18)21-9-2-12-24-16-5-3-15(19)4-6-16;/h3-6H,2,7-14H2,1H3,(H,20,21);1H. The molecule has 1 aromatic rings. The third-order valence-electron chi connectivity index (χ3n) is 4.82. The summed E-state index contributed by atoms with van der Waals surface area (Å²) in [7, 11) is 1.85. The van der Waals surface area contributed by atoms with Crippen LogP contribution in [0.15, 0.2) is 34.2 Å². The van der Waals surface area contributed by atoms with E-state index in [9.17, 15) is 4.39 Å². The Morgan fingerprint density at radius 1 is 1.36 bits per heavy atom. The van der Waals surface area contributed by atoms with Crippen molar-refractivity contribution in [2.45, 2.75) is 24.2 Å². The largest absolute Gasteiger partial charge is 0.381 e. The van der Waals surface area contributed by atoms with E-state index in [1.807, 2.05) is 19.2 Å². The molecule has 0 amide bonds. The lowest BCUT2D eigenvalue weighted by Crippen LogP contribution is -2.41. The van der Waals surface area contributed by atoms with Gasteiger partial charge in [0.2, 0.25) is 0 Å². The predicted octanol–water partition coefficient (Wildman–Crippen LogP) is 3.61. The van der Waals surface area contributed by atoms with Crippen LogP contribution in [0.4, 0.5) is 4.39 Å². The number of rotatable bonds is 5. The van der Waals surface area contributed by atoms with E-state index >= 15 is 0 Å². The van der Waals surface area contributed by atoms with Gasteiger partial charge in [0.15, 0.2) is 5.96 Å². The number of guanidine groups is 1. The van der Waals surface area contributed by atoms with Crippen molar-refractivity contribution in [1.29, 1.82) is 0 Å². The minimum Gasteiger partial charge on any atom is -0.381 e. The Morgan fingerprint density at radius 2 is 2.16 bits per heavy atom. The summed E-state index contributed by atoms with van der Waals surface area (Å²) in [5, 5.41) is 3.47. The molecule has 0 saturated carbocycles. The normalized spacial score (nSPS) is 23.1. The van der Waals surface area contributed by atoms with E-state index in [0.717, 1.165) is 55.9 Å². The van der Waals surface area contributed by atoms with Crippen molar-refractivity contribution in [1.82, 2.24) is 10.2 Å². The van der Waals surface area contributed by atoms with Crippen LogP contribution in [0.2, 0.25) is 0 Å². The molecule has 1 N–H and O–H groups in total. The van der Waals surface area contributed by atoms with Crippen molar-refractivity contribution in [3.8, 4) is 0 Å². The summed E-state index contributed by atoms with van der Waals surface area (Å²) >= 11 is 1.76. The maximum atomic E-state index is 12.9. The van der Waals surface area contributed by atoms with E-state index < -0.39 is 0 Å².